The summed E-state index contributed by atoms with van der Waals surface area (Å²) in [5, 5.41) is 1.34. The molecule has 0 N–H and O–H groups in total. The first-order chi connectivity index (χ1) is 20.9. The second-order valence-electron chi connectivity index (χ2n) is 13.5. The Kier molecular flexibility index (Phi) is 6.08. The Morgan fingerprint density at radius 1 is 0.767 bits per heavy atom. The molecule has 4 aromatic carbocycles. The lowest BCUT2D eigenvalue weighted by molar-refractivity contribution is 0.411. The van der Waals surface area contributed by atoms with Crippen LogP contribution in [0.15, 0.2) is 121 Å². The van der Waals surface area contributed by atoms with Crippen molar-refractivity contribution in [3.63, 3.8) is 0 Å². The molecular weight excluding hydrogens is 520 g/mol. The largest absolute Gasteiger partial charge is 0.333 e. The van der Waals surface area contributed by atoms with E-state index in [1.165, 1.54) is 61.5 Å². The van der Waals surface area contributed by atoms with Gasteiger partial charge in [-0.1, -0.05) is 112 Å². The fourth-order valence-electron chi connectivity index (χ4n) is 7.54. The van der Waals surface area contributed by atoms with E-state index < -0.39 is 0 Å². The average Bonchev–Trinajstić information content (AvgIpc) is 3.53. The average molecular weight is 559 g/mol. The standard InChI is InChI=1S/C41H38N2/c1-41(2,3)27-28-22-23-40-36(24-28)35-18-6-9-21-39(35)43(40)32-15-11-13-30(26-32)29-12-10-14-31(25-29)42-37-19-7-4-16-33(37)34-17-5-8-20-38(34)42/h4-7,9-19,21-26,35,39H,8,20,27H2,1-3H3. The first-order valence-corrected chi connectivity index (χ1v) is 15.7. The van der Waals surface area contributed by atoms with E-state index in [0.717, 1.165) is 19.3 Å². The van der Waals surface area contributed by atoms with E-state index in [4.69, 9.17) is 0 Å². The van der Waals surface area contributed by atoms with Crippen LogP contribution in [0.25, 0.3) is 33.8 Å². The Balaban J connectivity index is 1.20. The number of benzene rings is 4. The summed E-state index contributed by atoms with van der Waals surface area (Å²) in [7, 11) is 0. The van der Waals surface area contributed by atoms with Crippen LogP contribution < -0.4 is 4.90 Å². The number of hydrogen-bond acceptors (Lipinski definition) is 1. The van der Waals surface area contributed by atoms with E-state index >= 15 is 0 Å². The fourth-order valence-corrected chi connectivity index (χ4v) is 7.54. The van der Waals surface area contributed by atoms with E-state index in [0.29, 0.717) is 5.92 Å². The van der Waals surface area contributed by atoms with Gasteiger partial charge in [-0.2, -0.15) is 0 Å². The second kappa shape index (κ2) is 10.0. The van der Waals surface area contributed by atoms with Crippen molar-refractivity contribution >= 4 is 28.4 Å². The highest BCUT2D eigenvalue weighted by molar-refractivity contribution is 5.93. The molecule has 212 valence electrons. The van der Waals surface area contributed by atoms with E-state index in [9.17, 15) is 0 Å². The lowest BCUT2D eigenvalue weighted by Gasteiger charge is -2.29. The van der Waals surface area contributed by atoms with E-state index in [-0.39, 0.29) is 11.5 Å². The van der Waals surface area contributed by atoms with Crippen molar-refractivity contribution in [1.82, 2.24) is 4.57 Å². The van der Waals surface area contributed by atoms with Crippen molar-refractivity contribution < 1.29 is 0 Å². The summed E-state index contributed by atoms with van der Waals surface area (Å²) in [5.74, 6) is 0.370. The molecule has 43 heavy (non-hydrogen) atoms. The van der Waals surface area contributed by atoms with Gasteiger partial charge in [0.25, 0.3) is 0 Å². The van der Waals surface area contributed by atoms with E-state index in [1.807, 2.05) is 0 Å². The van der Waals surface area contributed by atoms with Crippen LogP contribution in [-0.2, 0) is 12.8 Å². The Labute approximate surface area is 255 Å². The second-order valence-corrected chi connectivity index (χ2v) is 13.5. The molecule has 1 aliphatic heterocycles. The molecule has 0 fully saturated rings. The topological polar surface area (TPSA) is 8.17 Å². The summed E-state index contributed by atoms with van der Waals surface area (Å²) in [6.45, 7) is 6.97. The number of aromatic nitrogens is 1. The summed E-state index contributed by atoms with van der Waals surface area (Å²) >= 11 is 0. The molecule has 2 heteroatoms. The van der Waals surface area contributed by atoms with Crippen LogP contribution in [0.5, 0.6) is 0 Å². The Bertz CT molecular complexity index is 1960. The Morgan fingerprint density at radius 2 is 1.53 bits per heavy atom. The number of allylic oxidation sites excluding steroid dienone is 3. The van der Waals surface area contributed by atoms with Crippen LogP contribution in [0.4, 0.5) is 11.4 Å². The Morgan fingerprint density at radius 3 is 2.37 bits per heavy atom. The normalized spacial score (nSPS) is 18.6. The van der Waals surface area contributed by atoms with Gasteiger partial charge in [-0.15, -0.1) is 0 Å². The third-order valence-electron chi connectivity index (χ3n) is 9.26. The van der Waals surface area contributed by atoms with Crippen molar-refractivity contribution in [3.8, 4) is 16.8 Å². The van der Waals surface area contributed by atoms with Crippen LogP contribution in [-0.4, -0.2) is 10.6 Å². The van der Waals surface area contributed by atoms with Crippen molar-refractivity contribution in [2.45, 2.75) is 52.0 Å². The SMILES string of the molecule is CC(C)(C)Cc1ccc2c(c1)C1C=CC=CC1N2c1cccc(-c2cccc(-n3c4c(c5ccccc53)C=CCC4)c2)c1. The molecule has 2 atom stereocenters. The maximum atomic E-state index is 2.55. The third-order valence-corrected chi connectivity index (χ3v) is 9.26. The molecule has 0 bridgehead atoms. The molecule has 5 aromatic rings. The lowest BCUT2D eigenvalue weighted by Crippen LogP contribution is -2.28. The minimum Gasteiger partial charge on any atom is -0.333 e. The highest BCUT2D eigenvalue weighted by Gasteiger charge is 2.37. The first-order valence-electron chi connectivity index (χ1n) is 15.7. The summed E-state index contributed by atoms with van der Waals surface area (Å²) in [4.78, 5) is 2.55. The number of rotatable bonds is 4. The van der Waals surface area contributed by atoms with Crippen molar-refractivity contribution in [2.75, 3.05) is 4.90 Å². The molecule has 0 saturated heterocycles. The van der Waals surface area contributed by atoms with Crippen LogP contribution in [0, 0.1) is 5.41 Å². The number of anilines is 2. The third kappa shape index (κ3) is 4.48. The van der Waals surface area contributed by atoms with E-state index in [1.54, 1.807) is 0 Å². The zero-order valence-corrected chi connectivity index (χ0v) is 25.3. The van der Waals surface area contributed by atoms with Crippen molar-refractivity contribution in [3.05, 3.63) is 144 Å². The minimum absolute atomic E-state index is 0.264. The fraction of sp³-hybridized carbons (Fsp3) is 0.220. The van der Waals surface area contributed by atoms with Gasteiger partial charge in [0.15, 0.2) is 0 Å². The minimum atomic E-state index is 0.264. The molecule has 0 spiro atoms. The quantitative estimate of drug-likeness (QED) is 0.213. The predicted octanol–water partition coefficient (Wildman–Crippen LogP) is 10.6. The predicted molar refractivity (Wildman–Crippen MR) is 183 cm³/mol. The van der Waals surface area contributed by atoms with Crippen LogP contribution in [0.3, 0.4) is 0 Å². The number of hydrogen-bond donors (Lipinski definition) is 0. The number of fused-ring (bicyclic) bond motifs is 6. The summed E-state index contributed by atoms with van der Waals surface area (Å²) in [6.07, 6.45) is 17.0. The van der Waals surface area contributed by atoms with Gasteiger partial charge in [-0.05, 0) is 83.3 Å². The molecule has 3 aliphatic rings. The molecule has 0 saturated carbocycles. The van der Waals surface area contributed by atoms with Crippen molar-refractivity contribution in [2.24, 2.45) is 5.41 Å². The van der Waals surface area contributed by atoms with Gasteiger partial charge in [0.2, 0.25) is 0 Å². The molecule has 0 amide bonds. The zero-order valence-electron chi connectivity index (χ0n) is 25.3. The Hall–Kier alpha value is -4.56. The molecule has 0 radical (unpaired) electrons. The molecule has 8 rings (SSSR count). The highest BCUT2D eigenvalue weighted by Crippen LogP contribution is 2.48. The lowest BCUT2D eigenvalue weighted by atomic mass is 9.85. The molecule has 1 aromatic heterocycles. The van der Waals surface area contributed by atoms with Crippen molar-refractivity contribution in [1.29, 1.82) is 0 Å². The summed E-state index contributed by atoms with van der Waals surface area (Å²) in [5.41, 5.74) is 13.5. The van der Waals surface area contributed by atoms with Gasteiger partial charge in [-0.25, -0.2) is 0 Å². The molecule has 2 heterocycles. The van der Waals surface area contributed by atoms with Gasteiger partial charge in [-0.3, -0.25) is 0 Å². The van der Waals surface area contributed by atoms with Gasteiger partial charge in [0, 0.05) is 39.6 Å². The zero-order chi connectivity index (χ0) is 29.1. The maximum absolute atomic E-state index is 2.55. The molecule has 2 unspecified atom stereocenters. The smallest absolute Gasteiger partial charge is 0.0629 e. The molecule has 2 aliphatic carbocycles. The number of para-hydroxylation sites is 1. The van der Waals surface area contributed by atoms with E-state index in [2.05, 4.69) is 158 Å². The maximum Gasteiger partial charge on any atom is 0.0629 e. The van der Waals surface area contributed by atoms with Gasteiger partial charge in [0.1, 0.15) is 0 Å². The van der Waals surface area contributed by atoms with Gasteiger partial charge in [0.05, 0.1) is 11.6 Å². The molecular formula is C41H38N2. The molecule has 2 nitrogen and oxygen atoms in total. The van der Waals surface area contributed by atoms with Crippen LogP contribution >= 0.6 is 0 Å². The first kappa shape index (κ1) is 26.1. The van der Waals surface area contributed by atoms with Gasteiger partial charge >= 0.3 is 0 Å². The monoisotopic (exact) mass is 558 g/mol. The van der Waals surface area contributed by atoms with Crippen LogP contribution in [0.2, 0.25) is 0 Å². The summed E-state index contributed by atoms with van der Waals surface area (Å²) in [6, 6.07) is 34.5. The summed E-state index contributed by atoms with van der Waals surface area (Å²) < 4.78 is 2.48. The van der Waals surface area contributed by atoms with Gasteiger partial charge < -0.3 is 9.47 Å². The van der Waals surface area contributed by atoms with Crippen LogP contribution in [0.1, 0.15) is 55.5 Å². The number of nitrogens with zero attached hydrogens (tertiary/aromatic N) is 2. The highest BCUT2D eigenvalue weighted by atomic mass is 15.2.